The SMILES string of the molecule is NC(CS)(CCc1ccncc1)C(=O)O. The van der Waals surface area contributed by atoms with E-state index in [0.29, 0.717) is 12.8 Å². The second-order valence-electron chi connectivity index (χ2n) is 3.47. The van der Waals surface area contributed by atoms with Crippen LogP contribution in [-0.2, 0) is 11.2 Å². The molecule has 0 amide bonds. The average molecular weight is 226 g/mol. The molecule has 0 fully saturated rings. The number of hydrogen-bond donors (Lipinski definition) is 3. The van der Waals surface area contributed by atoms with E-state index >= 15 is 0 Å². The lowest BCUT2D eigenvalue weighted by molar-refractivity contribution is -0.142. The summed E-state index contributed by atoms with van der Waals surface area (Å²) in [7, 11) is 0. The molecule has 5 heteroatoms. The number of aliphatic carboxylic acids is 1. The summed E-state index contributed by atoms with van der Waals surface area (Å²) < 4.78 is 0. The van der Waals surface area contributed by atoms with E-state index in [1.54, 1.807) is 12.4 Å². The van der Waals surface area contributed by atoms with Gasteiger partial charge in [0.1, 0.15) is 5.54 Å². The van der Waals surface area contributed by atoms with Crippen LogP contribution < -0.4 is 5.73 Å². The molecule has 0 saturated carbocycles. The molecule has 0 saturated heterocycles. The van der Waals surface area contributed by atoms with Crippen molar-refractivity contribution < 1.29 is 9.90 Å². The molecule has 0 bridgehead atoms. The molecule has 0 spiro atoms. The van der Waals surface area contributed by atoms with Gasteiger partial charge >= 0.3 is 5.97 Å². The molecular formula is C10H14N2O2S. The fourth-order valence-corrected chi connectivity index (χ4v) is 1.46. The first kappa shape index (κ1) is 12.0. The van der Waals surface area contributed by atoms with Gasteiger partial charge in [-0.05, 0) is 30.5 Å². The highest BCUT2D eigenvalue weighted by atomic mass is 32.1. The molecule has 1 aromatic heterocycles. The molecule has 1 heterocycles. The first-order valence-electron chi connectivity index (χ1n) is 4.60. The number of nitrogens with two attached hydrogens (primary N) is 1. The van der Waals surface area contributed by atoms with Gasteiger partial charge in [-0.3, -0.25) is 9.78 Å². The van der Waals surface area contributed by atoms with E-state index in [1.165, 1.54) is 0 Å². The van der Waals surface area contributed by atoms with Crippen LogP contribution in [0.5, 0.6) is 0 Å². The quantitative estimate of drug-likeness (QED) is 0.647. The Morgan fingerprint density at radius 3 is 2.60 bits per heavy atom. The van der Waals surface area contributed by atoms with Gasteiger partial charge in [0.25, 0.3) is 0 Å². The van der Waals surface area contributed by atoms with Crippen molar-refractivity contribution in [3.63, 3.8) is 0 Å². The topological polar surface area (TPSA) is 76.2 Å². The standard InChI is InChI=1S/C10H14N2O2S/c11-10(7-15,9(13)14)4-1-8-2-5-12-6-3-8/h2-3,5-6,15H,1,4,7,11H2,(H,13,14). The molecule has 4 nitrogen and oxygen atoms in total. The molecule has 0 aromatic carbocycles. The minimum Gasteiger partial charge on any atom is -0.480 e. The van der Waals surface area contributed by atoms with E-state index in [4.69, 9.17) is 10.8 Å². The third kappa shape index (κ3) is 3.21. The molecule has 1 rings (SSSR count). The van der Waals surface area contributed by atoms with Gasteiger partial charge in [-0.2, -0.15) is 12.6 Å². The number of aromatic nitrogens is 1. The van der Waals surface area contributed by atoms with E-state index in [2.05, 4.69) is 17.6 Å². The number of pyridine rings is 1. The minimum absolute atomic E-state index is 0.132. The number of carbonyl (C=O) groups is 1. The first-order chi connectivity index (χ1) is 7.08. The van der Waals surface area contributed by atoms with Crippen LogP contribution in [0, 0.1) is 0 Å². The van der Waals surface area contributed by atoms with Crippen molar-refractivity contribution in [1.82, 2.24) is 4.98 Å². The Balaban J connectivity index is 2.59. The van der Waals surface area contributed by atoms with Crippen molar-refractivity contribution in [2.75, 3.05) is 5.75 Å². The maximum Gasteiger partial charge on any atom is 0.324 e. The molecule has 0 aliphatic rings. The van der Waals surface area contributed by atoms with Gasteiger partial charge in [-0.1, -0.05) is 0 Å². The van der Waals surface area contributed by atoms with Gasteiger partial charge in [0.15, 0.2) is 0 Å². The Hall–Kier alpha value is -1.07. The van der Waals surface area contributed by atoms with Crippen LogP contribution in [0.25, 0.3) is 0 Å². The molecule has 1 aromatic rings. The van der Waals surface area contributed by atoms with Crippen LogP contribution in [0.1, 0.15) is 12.0 Å². The van der Waals surface area contributed by atoms with Gasteiger partial charge in [-0.25, -0.2) is 0 Å². The summed E-state index contributed by atoms with van der Waals surface area (Å²) in [6.07, 6.45) is 4.34. The smallest absolute Gasteiger partial charge is 0.324 e. The van der Waals surface area contributed by atoms with Crippen LogP contribution in [0.2, 0.25) is 0 Å². The summed E-state index contributed by atoms with van der Waals surface area (Å²) in [4.78, 5) is 14.8. The highest BCUT2D eigenvalue weighted by Gasteiger charge is 2.31. The van der Waals surface area contributed by atoms with Crippen molar-refractivity contribution in [1.29, 1.82) is 0 Å². The lowest BCUT2D eigenvalue weighted by atomic mass is 9.95. The van der Waals surface area contributed by atoms with Gasteiger partial charge in [-0.15, -0.1) is 0 Å². The molecule has 3 N–H and O–H groups in total. The summed E-state index contributed by atoms with van der Waals surface area (Å²) >= 11 is 3.97. The fraction of sp³-hybridized carbons (Fsp3) is 0.400. The Bertz CT molecular complexity index is 331. The maximum atomic E-state index is 10.9. The Morgan fingerprint density at radius 1 is 1.53 bits per heavy atom. The predicted molar refractivity (Wildman–Crippen MR) is 61.0 cm³/mol. The second kappa shape index (κ2) is 5.14. The van der Waals surface area contributed by atoms with Crippen molar-refractivity contribution in [3.05, 3.63) is 30.1 Å². The average Bonchev–Trinajstić information content (AvgIpc) is 2.27. The third-order valence-corrected chi connectivity index (χ3v) is 2.88. The molecular weight excluding hydrogens is 212 g/mol. The van der Waals surface area contributed by atoms with Crippen LogP contribution in [-0.4, -0.2) is 27.4 Å². The monoisotopic (exact) mass is 226 g/mol. The van der Waals surface area contributed by atoms with Gasteiger partial charge in [0.2, 0.25) is 0 Å². The van der Waals surface area contributed by atoms with Crippen LogP contribution >= 0.6 is 12.6 Å². The molecule has 0 radical (unpaired) electrons. The fourth-order valence-electron chi connectivity index (χ4n) is 1.17. The van der Waals surface area contributed by atoms with Gasteiger partial charge in [0.05, 0.1) is 0 Å². The van der Waals surface area contributed by atoms with Crippen molar-refractivity contribution >= 4 is 18.6 Å². The van der Waals surface area contributed by atoms with E-state index in [0.717, 1.165) is 5.56 Å². The number of thiol groups is 1. The number of carboxylic acids is 1. The van der Waals surface area contributed by atoms with Gasteiger partial charge < -0.3 is 10.8 Å². The Kier molecular flexibility index (Phi) is 4.11. The lowest BCUT2D eigenvalue weighted by Gasteiger charge is -2.22. The summed E-state index contributed by atoms with van der Waals surface area (Å²) in [5.41, 5.74) is 5.48. The molecule has 1 unspecified atom stereocenters. The summed E-state index contributed by atoms with van der Waals surface area (Å²) in [6, 6.07) is 3.70. The van der Waals surface area contributed by atoms with Crippen LogP contribution in [0.15, 0.2) is 24.5 Å². The van der Waals surface area contributed by atoms with Crippen LogP contribution in [0.4, 0.5) is 0 Å². The third-order valence-electron chi connectivity index (χ3n) is 2.32. The lowest BCUT2D eigenvalue weighted by Crippen LogP contribution is -2.50. The Labute approximate surface area is 93.9 Å². The second-order valence-corrected chi connectivity index (χ2v) is 3.79. The van der Waals surface area contributed by atoms with Crippen molar-refractivity contribution in [2.24, 2.45) is 5.73 Å². The molecule has 0 aliphatic carbocycles. The van der Waals surface area contributed by atoms with Gasteiger partial charge in [0, 0.05) is 18.1 Å². The zero-order valence-electron chi connectivity index (χ0n) is 8.26. The summed E-state index contributed by atoms with van der Waals surface area (Å²) in [5, 5.41) is 8.92. The number of nitrogens with zero attached hydrogens (tertiary/aromatic N) is 1. The Morgan fingerprint density at radius 2 is 2.13 bits per heavy atom. The number of hydrogen-bond acceptors (Lipinski definition) is 4. The minimum atomic E-state index is -1.24. The van der Waals surface area contributed by atoms with E-state index < -0.39 is 11.5 Å². The highest BCUT2D eigenvalue weighted by molar-refractivity contribution is 7.80. The highest BCUT2D eigenvalue weighted by Crippen LogP contribution is 2.13. The van der Waals surface area contributed by atoms with E-state index in [1.807, 2.05) is 12.1 Å². The molecule has 0 aliphatic heterocycles. The summed E-state index contributed by atoms with van der Waals surface area (Å²) in [5.74, 6) is -0.875. The zero-order valence-corrected chi connectivity index (χ0v) is 9.15. The molecule has 1 atom stereocenters. The zero-order chi connectivity index (χ0) is 11.3. The molecule has 82 valence electrons. The molecule has 15 heavy (non-hydrogen) atoms. The van der Waals surface area contributed by atoms with E-state index in [9.17, 15) is 4.79 Å². The first-order valence-corrected chi connectivity index (χ1v) is 5.24. The predicted octanol–water partition coefficient (Wildman–Crippen LogP) is 0.726. The largest absolute Gasteiger partial charge is 0.480 e. The number of aryl methyl sites for hydroxylation is 1. The number of rotatable bonds is 5. The normalized spacial score (nSPS) is 14.5. The van der Waals surface area contributed by atoms with Crippen molar-refractivity contribution in [3.8, 4) is 0 Å². The maximum absolute atomic E-state index is 10.9. The van der Waals surface area contributed by atoms with Crippen molar-refractivity contribution in [2.45, 2.75) is 18.4 Å². The van der Waals surface area contributed by atoms with E-state index in [-0.39, 0.29) is 5.75 Å². The summed E-state index contributed by atoms with van der Waals surface area (Å²) in [6.45, 7) is 0. The van der Waals surface area contributed by atoms with Crippen LogP contribution in [0.3, 0.4) is 0 Å². The number of carboxylic acid groups (broad SMARTS) is 1.